The molecular formula is C12H13Cl2N5O. The number of tetrazole rings is 1. The van der Waals surface area contributed by atoms with Crippen LogP contribution in [-0.4, -0.2) is 37.5 Å². The van der Waals surface area contributed by atoms with E-state index in [9.17, 15) is 4.79 Å². The van der Waals surface area contributed by atoms with Gasteiger partial charge in [-0.05, 0) is 36.8 Å². The van der Waals surface area contributed by atoms with Crippen LogP contribution in [0.1, 0.15) is 30.0 Å². The highest BCUT2D eigenvalue weighted by Gasteiger charge is 2.22. The molecule has 1 N–H and O–H groups in total. The summed E-state index contributed by atoms with van der Waals surface area (Å²) in [6, 6.07) is 5.25. The summed E-state index contributed by atoms with van der Waals surface area (Å²) in [4.78, 5) is 13.9. The first kappa shape index (κ1) is 14.7. The van der Waals surface area contributed by atoms with Gasteiger partial charge in [-0.1, -0.05) is 29.3 Å². The highest BCUT2D eigenvalue weighted by Crippen LogP contribution is 2.23. The molecule has 0 saturated heterocycles. The molecule has 1 aromatic heterocycles. The van der Waals surface area contributed by atoms with E-state index >= 15 is 0 Å². The zero-order valence-corrected chi connectivity index (χ0v) is 12.5. The molecule has 0 atom stereocenters. The van der Waals surface area contributed by atoms with Crippen LogP contribution in [-0.2, 0) is 6.54 Å². The maximum atomic E-state index is 12.3. The Labute approximate surface area is 126 Å². The van der Waals surface area contributed by atoms with E-state index in [-0.39, 0.29) is 17.8 Å². The number of aromatic amines is 1. The Hall–Kier alpha value is -1.66. The third-order valence-electron chi connectivity index (χ3n) is 2.76. The number of carbonyl (C=O) groups excluding carboxylic acids is 1. The fourth-order valence-corrected chi connectivity index (χ4v) is 2.03. The minimum absolute atomic E-state index is 0.0181. The molecule has 20 heavy (non-hydrogen) atoms. The van der Waals surface area contributed by atoms with Crippen LogP contribution in [0.4, 0.5) is 0 Å². The van der Waals surface area contributed by atoms with Gasteiger partial charge in [0.05, 0.1) is 10.0 Å². The second-order valence-electron chi connectivity index (χ2n) is 4.51. The lowest BCUT2D eigenvalue weighted by molar-refractivity contribution is 0.0677. The van der Waals surface area contributed by atoms with E-state index in [1.807, 2.05) is 19.9 Å². The van der Waals surface area contributed by atoms with Crippen LogP contribution in [0.25, 0.3) is 0 Å². The molecule has 0 bridgehead atoms. The Morgan fingerprint density at radius 2 is 2.10 bits per heavy atom. The minimum atomic E-state index is -0.292. The molecule has 0 unspecified atom stereocenters. The fourth-order valence-electron chi connectivity index (χ4n) is 1.70. The normalized spacial score (nSPS) is 10.8. The monoisotopic (exact) mass is 313 g/mol. The molecule has 0 fully saturated rings. The molecule has 1 heterocycles. The van der Waals surface area contributed by atoms with Crippen molar-refractivity contribution < 1.29 is 4.79 Å². The zero-order valence-electron chi connectivity index (χ0n) is 11.0. The van der Waals surface area contributed by atoms with Crippen LogP contribution in [0.3, 0.4) is 0 Å². The van der Waals surface area contributed by atoms with Gasteiger partial charge in [0.1, 0.15) is 0 Å². The van der Waals surface area contributed by atoms with Crippen LogP contribution in [0.5, 0.6) is 0 Å². The highest BCUT2D eigenvalue weighted by molar-refractivity contribution is 6.42. The van der Waals surface area contributed by atoms with Crippen molar-refractivity contribution in [3.8, 4) is 0 Å². The summed E-state index contributed by atoms with van der Waals surface area (Å²) in [5, 5.41) is 14.0. The molecule has 8 heteroatoms. The molecule has 0 spiro atoms. The number of H-pyrrole nitrogens is 1. The molecule has 0 aliphatic rings. The number of halogens is 2. The van der Waals surface area contributed by atoms with Gasteiger partial charge >= 0.3 is 0 Å². The molecule has 2 rings (SSSR count). The van der Waals surface area contributed by atoms with Crippen LogP contribution in [0.2, 0.25) is 10.0 Å². The maximum Gasteiger partial charge on any atom is 0.295 e. The summed E-state index contributed by atoms with van der Waals surface area (Å²) >= 11 is 11.9. The second kappa shape index (κ2) is 6.19. The number of amides is 1. The molecule has 0 aliphatic carbocycles. The zero-order chi connectivity index (χ0) is 14.7. The van der Waals surface area contributed by atoms with Gasteiger partial charge in [0.2, 0.25) is 0 Å². The average Bonchev–Trinajstić information content (AvgIpc) is 2.93. The van der Waals surface area contributed by atoms with Crippen molar-refractivity contribution in [1.29, 1.82) is 0 Å². The van der Waals surface area contributed by atoms with E-state index < -0.39 is 0 Å². The quantitative estimate of drug-likeness (QED) is 0.941. The van der Waals surface area contributed by atoms with Gasteiger partial charge in [-0.15, -0.1) is 10.2 Å². The van der Waals surface area contributed by atoms with Crippen molar-refractivity contribution in [3.63, 3.8) is 0 Å². The number of hydrogen-bond acceptors (Lipinski definition) is 4. The number of hydrogen-bond donors (Lipinski definition) is 1. The van der Waals surface area contributed by atoms with Gasteiger partial charge in [-0.25, -0.2) is 0 Å². The van der Waals surface area contributed by atoms with Crippen LogP contribution < -0.4 is 0 Å². The van der Waals surface area contributed by atoms with E-state index in [1.54, 1.807) is 17.0 Å². The third kappa shape index (κ3) is 3.26. The van der Waals surface area contributed by atoms with E-state index in [1.165, 1.54) is 0 Å². The lowest BCUT2D eigenvalue weighted by atomic mass is 10.2. The van der Waals surface area contributed by atoms with Crippen LogP contribution in [0, 0.1) is 0 Å². The van der Waals surface area contributed by atoms with Crippen molar-refractivity contribution in [3.05, 3.63) is 39.6 Å². The lowest BCUT2D eigenvalue weighted by Gasteiger charge is -2.25. The first-order chi connectivity index (χ1) is 9.49. The number of aromatic nitrogens is 4. The SMILES string of the molecule is CC(C)N(Cc1ccc(Cl)c(Cl)c1)C(=O)c1nn[nH]n1. The van der Waals surface area contributed by atoms with Crippen molar-refractivity contribution in [2.75, 3.05) is 0 Å². The number of rotatable bonds is 4. The smallest absolute Gasteiger partial charge is 0.295 e. The summed E-state index contributed by atoms with van der Waals surface area (Å²) in [5.74, 6) is -0.251. The molecule has 1 amide bonds. The Kier molecular flexibility index (Phi) is 4.57. The third-order valence-corrected chi connectivity index (χ3v) is 3.50. The molecule has 6 nitrogen and oxygen atoms in total. The number of nitrogens with one attached hydrogen (secondary N) is 1. The van der Waals surface area contributed by atoms with Gasteiger partial charge in [0, 0.05) is 12.6 Å². The van der Waals surface area contributed by atoms with Gasteiger partial charge in [0.15, 0.2) is 0 Å². The topological polar surface area (TPSA) is 74.8 Å². The number of benzene rings is 1. The Morgan fingerprint density at radius 3 is 2.65 bits per heavy atom. The number of nitrogens with zero attached hydrogens (tertiary/aromatic N) is 4. The maximum absolute atomic E-state index is 12.3. The van der Waals surface area contributed by atoms with Gasteiger partial charge in [-0.3, -0.25) is 4.79 Å². The van der Waals surface area contributed by atoms with E-state index in [0.717, 1.165) is 5.56 Å². The molecule has 0 radical (unpaired) electrons. The fraction of sp³-hybridized carbons (Fsp3) is 0.333. The highest BCUT2D eigenvalue weighted by atomic mass is 35.5. The molecule has 2 aromatic rings. The lowest BCUT2D eigenvalue weighted by Crippen LogP contribution is -2.37. The summed E-state index contributed by atoms with van der Waals surface area (Å²) in [6.45, 7) is 4.22. The first-order valence-corrected chi connectivity index (χ1v) is 6.73. The second-order valence-corrected chi connectivity index (χ2v) is 5.33. The average molecular weight is 314 g/mol. The predicted molar refractivity (Wildman–Crippen MR) is 75.6 cm³/mol. The predicted octanol–water partition coefficient (Wildman–Crippen LogP) is 2.56. The van der Waals surface area contributed by atoms with Gasteiger partial charge in [-0.2, -0.15) is 5.21 Å². The Bertz CT molecular complexity index is 600. The minimum Gasteiger partial charge on any atom is -0.329 e. The molecule has 0 aliphatic heterocycles. The van der Waals surface area contributed by atoms with E-state index in [4.69, 9.17) is 23.2 Å². The van der Waals surface area contributed by atoms with Crippen LogP contribution in [0.15, 0.2) is 18.2 Å². The molecule has 0 saturated carbocycles. The van der Waals surface area contributed by atoms with Gasteiger partial charge < -0.3 is 4.90 Å². The summed E-state index contributed by atoms with van der Waals surface area (Å²) < 4.78 is 0. The molecule has 106 valence electrons. The molecule has 1 aromatic carbocycles. The van der Waals surface area contributed by atoms with Crippen molar-refractivity contribution >= 4 is 29.1 Å². The summed E-state index contributed by atoms with van der Waals surface area (Å²) in [7, 11) is 0. The summed E-state index contributed by atoms with van der Waals surface area (Å²) in [6.07, 6.45) is 0. The largest absolute Gasteiger partial charge is 0.329 e. The standard InChI is InChI=1S/C12H13Cl2N5O/c1-7(2)19(12(20)11-15-17-18-16-11)6-8-3-4-9(13)10(14)5-8/h3-5,7H,6H2,1-2H3,(H,15,16,17,18). The first-order valence-electron chi connectivity index (χ1n) is 5.97. The van der Waals surface area contributed by atoms with E-state index in [2.05, 4.69) is 20.6 Å². The molecular weight excluding hydrogens is 301 g/mol. The Morgan fingerprint density at radius 1 is 1.35 bits per heavy atom. The number of carbonyl (C=O) groups is 1. The van der Waals surface area contributed by atoms with Crippen molar-refractivity contribution in [1.82, 2.24) is 25.5 Å². The van der Waals surface area contributed by atoms with Gasteiger partial charge in [0.25, 0.3) is 11.7 Å². The van der Waals surface area contributed by atoms with E-state index in [0.29, 0.717) is 16.6 Å². The van der Waals surface area contributed by atoms with Crippen LogP contribution >= 0.6 is 23.2 Å². The van der Waals surface area contributed by atoms with Crippen molar-refractivity contribution in [2.45, 2.75) is 26.4 Å². The summed E-state index contributed by atoms with van der Waals surface area (Å²) in [5.41, 5.74) is 0.880. The van der Waals surface area contributed by atoms with Crippen molar-refractivity contribution in [2.24, 2.45) is 0 Å². The Balaban J connectivity index is 2.21.